The zero-order chi connectivity index (χ0) is 37.7. The first-order valence-electron chi connectivity index (χ1n) is 17.7. The third kappa shape index (κ3) is 9.47. The highest BCUT2D eigenvalue weighted by Gasteiger charge is 2.52. The maximum atomic E-state index is 14.0. The van der Waals surface area contributed by atoms with Gasteiger partial charge < -0.3 is 43.9 Å². The fourth-order valence-electron chi connectivity index (χ4n) is 7.65. The Bertz CT molecular complexity index is 1280. The van der Waals surface area contributed by atoms with Gasteiger partial charge in [0.2, 0.25) is 0 Å². The average Bonchev–Trinajstić information content (AvgIpc) is 3.07. The molecule has 1 unspecified atom stereocenters. The molecule has 14 atom stereocenters. The van der Waals surface area contributed by atoms with Crippen molar-refractivity contribution in [1.82, 2.24) is 9.88 Å². The van der Waals surface area contributed by atoms with Gasteiger partial charge in [0.15, 0.2) is 6.29 Å². The molecule has 0 bridgehead atoms. The first-order valence-corrected chi connectivity index (χ1v) is 17.7. The number of likely N-dealkylation sites (N-methyl/N-ethyl adjacent to an activating group) is 1. The molecule has 3 heterocycles. The van der Waals surface area contributed by atoms with Crippen molar-refractivity contribution in [3.8, 4) is 0 Å². The number of aliphatic hydroxyl groups excluding tert-OH is 2. The van der Waals surface area contributed by atoms with Crippen molar-refractivity contribution in [2.24, 2.45) is 23.7 Å². The zero-order valence-electron chi connectivity index (χ0n) is 31.6. The van der Waals surface area contributed by atoms with Gasteiger partial charge in [-0.15, -0.1) is 0 Å². The van der Waals surface area contributed by atoms with E-state index in [0.29, 0.717) is 12.0 Å². The number of hydrogen-bond donors (Lipinski definition) is 3. The molecule has 0 amide bonds. The number of aromatic nitrogens is 1. The van der Waals surface area contributed by atoms with E-state index >= 15 is 0 Å². The minimum atomic E-state index is -1.98. The number of cyclic esters (lactones) is 1. The number of ether oxygens (including phenoxy) is 5. The van der Waals surface area contributed by atoms with Crippen molar-refractivity contribution in [3.63, 3.8) is 0 Å². The summed E-state index contributed by atoms with van der Waals surface area (Å²) in [4.78, 5) is 47.3. The van der Waals surface area contributed by atoms with Crippen LogP contribution in [0.25, 0.3) is 0 Å². The number of ketones is 1. The molecule has 0 aliphatic carbocycles. The molecule has 3 N–H and O–H groups in total. The summed E-state index contributed by atoms with van der Waals surface area (Å²) >= 11 is 0. The normalized spacial score (nSPS) is 40.9. The quantitative estimate of drug-likeness (QED) is 0.337. The second-order valence-electron chi connectivity index (χ2n) is 15.1. The van der Waals surface area contributed by atoms with Crippen molar-refractivity contribution >= 4 is 17.7 Å². The molecule has 1 aromatic heterocycles. The topological polar surface area (TPSA) is 174 Å². The van der Waals surface area contributed by atoms with Crippen molar-refractivity contribution in [1.29, 1.82) is 0 Å². The average molecular weight is 709 g/mol. The maximum Gasteiger partial charge on any atom is 0.312 e. The lowest BCUT2D eigenvalue weighted by molar-refractivity contribution is -0.301. The van der Waals surface area contributed by atoms with Crippen LogP contribution in [0.4, 0.5) is 0 Å². The lowest BCUT2D eigenvalue weighted by Gasteiger charge is -2.48. The number of pyridine rings is 1. The summed E-state index contributed by atoms with van der Waals surface area (Å²) in [6.07, 6.45) is -3.64. The zero-order valence-corrected chi connectivity index (χ0v) is 31.6. The molecule has 13 heteroatoms. The maximum absolute atomic E-state index is 14.0. The Hall–Kier alpha value is -2.52. The molecule has 13 nitrogen and oxygen atoms in total. The Kier molecular flexibility index (Phi) is 14.5. The summed E-state index contributed by atoms with van der Waals surface area (Å²) in [5, 5.41) is 34.4. The van der Waals surface area contributed by atoms with Crippen LogP contribution in [0.3, 0.4) is 0 Å². The number of carbonyl (C=O) groups is 3. The number of nitrogens with zero attached hydrogens (tertiary/aromatic N) is 2. The smallest absolute Gasteiger partial charge is 0.312 e. The summed E-state index contributed by atoms with van der Waals surface area (Å²) < 4.78 is 31.0. The molecule has 2 fully saturated rings. The molecule has 2 aliphatic rings. The number of rotatable bonds is 8. The number of methoxy groups -OCH3 is 1. The number of carbonyl (C=O) groups excluding carboxylic acids is 3. The lowest BCUT2D eigenvalue weighted by atomic mass is 9.74. The van der Waals surface area contributed by atoms with E-state index in [1.54, 1.807) is 59.1 Å². The van der Waals surface area contributed by atoms with E-state index in [9.17, 15) is 29.7 Å². The summed E-state index contributed by atoms with van der Waals surface area (Å²) in [7, 11) is 5.20. The van der Waals surface area contributed by atoms with Gasteiger partial charge in [-0.25, -0.2) is 0 Å². The molecular weight excluding hydrogens is 648 g/mol. The second-order valence-corrected chi connectivity index (χ2v) is 15.1. The van der Waals surface area contributed by atoms with Crippen molar-refractivity contribution in [3.05, 3.63) is 30.1 Å². The lowest BCUT2D eigenvalue weighted by Crippen LogP contribution is -2.60. The van der Waals surface area contributed by atoms with Crippen LogP contribution in [0.15, 0.2) is 24.5 Å². The van der Waals surface area contributed by atoms with E-state index in [1.165, 1.54) is 21.0 Å². The van der Waals surface area contributed by atoms with E-state index in [4.69, 9.17) is 23.7 Å². The van der Waals surface area contributed by atoms with Crippen LogP contribution in [0.2, 0.25) is 0 Å². The highest BCUT2D eigenvalue weighted by molar-refractivity contribution is 5.83. The molecule has 50 heavy (non-hydrogen) atoms. The van der Waals surface area contributed by atoms with E-state index in [2.05, 4.69) is 4.98 Å². The van der Waals surface area contributed by atoms with Crippen molar-refractivity contribution < 1.29 is 53.4 Å². The number of aliphatic hydroxyl groups is 3. The van der Waals surface area contributed by atoms with Gasteiger partial charge in [-0.1, -0.05) is 33.8 Å². The molecule has 3 rings (SSSR count). The van der Waals surface area contributed by atoms with Gasteiger partial charge in [-0.3, -0.25) is 19.4 Å². The second kappa shape index (κ2) is 17.3. The third-order valence-electron chi connectivity index (χ3n) is 10.8. The van der Waals surface area contributed by atoms with Gasteiger partial charge in [0, 0.05) is 43.3 Å². The van der Waals surface area contributed by atoms with E-state index in [1.807, 2.05) is 25.9 Å². The Morgan fingerprint density at radius 2 is 1.76 bits per heavy atom. The van der Waals surface area contributed by atoms with Gasteiger partial charge in [0.25, 0.3) is 0 Å². The molecule has 0 spiro atoms. The molecule has 0 aromatic carbocycles. The predicted molar refractivity (Wildman–Crippen MR) is 184 cm³/mol. The van der Waals surface area contributed by atoms with E-state index in [-0.39, 0.29) is 37.2 Å². The van der Waals surface area contributed by atoms with Gasteiger partial charge >= 0.3 is 11.9 Å². The Morgan fingerprint density at radius 1 is 1.10 bits per heavy atom. The monoisotopic (exact) mass is 708 g/mol. The molecule has 2 saturated heterocycles. The predicted octanol–water partition coefficient (Wildman–Crippen LogP) is 2.70. The molecule has 0 saturated carbocycles. The van der Waals surface area contributed by atoms with Crippen LogP contribution in [0.5, 0.6) is 0 Å². The largest absolute Gasteiger partial charge is 0.461 e. The highest BCUT2D eigenvalue weighted by Crippen LogP contribution is 2.40. The van der Waals surface area contributed by atoms with Crippen LogP contribution >= 0.6 is 0 Å². The number of hydrogen-bond acceptors (Lipinski definition) is 13. The Morgan fingerprint density at radius 3 is 2.32 bits per heavy atom. The number of esters is 2. The fraction of sp³-hybridized carbons (Fsp3) is 0.784. The van der Waals surface area contributed by atoms with Gasteiger partial charge in [0.1, 0.15) is 29.7 Å². The van der Waals surface area contributed by atoms with E-state index < -0.39 is 83.6 Å². The summed E-state index contributed by atoms with van der Waals surface area (Å²) in [5.41, 5.74) is -2.66. The Labute approximate surface area is 297 Å². The van der Waals surface area contributed by atoms with Gasteiger partial charge in [0.05, 0.1) is 36.3 Å². The van der Waals surface area contributed by atoms with Crippen molar-refractivity contribution in [2.75, 3.05) is 21.2 Å². The number of Topliss-reactive ketones (excluding diaryl/α,β-unsaturated/α-hetero) is 1. The van der Waals surface area contributed by atoms with E-state index in [0.717, 1.165) is 0 Å². The standard InChI is InChI=1S/C37H60N2O11/c1-12-27-37(8,45)32(43)22(4)29(41)20(2)18-36(7,46-11)33(50-35-30(42)26(39(9)10)16-21(3)47-35)23(5)31(24(6)34(44)48-27)49-28(40)17-25-14-13-15-38-19-25/h13-15,19-24,26-27,30-33,35,42-43,45H,12,16-18H2,1-11H3/t20-,21-,22+,23+,24-,26+,27-,30-,31+,32-,33-,35?,36+,37-/m1/s1. The van der Waals surface area contributed by atoms with Gasteiger partial charge in [-0.05, 0) is 72.7 Å². The molecule has 284 valence electrons. The summed E-state index contributed by atoms with van der Waals surface area (Å²) in [5.74, 6) is -5.39. The minimum Gasteiger partial charge on any atom is -0.461 e. The fourth-order valence-corrected chi connectivity index (χ4v) is 7.65. The molecule has 1 aromatic rings. The minimum absolute atomic E-state index is 0.0818. The van der Waals surface area contributed by atoms with Crippen LogP contribution in [0.1, 0.15) is 80.2 Å². The van der Waals surface area contributed by atoms with Crippen LogP contribution in [-0.2, 0) is 44.5 Å². The molecular formula is C37H60N2O11. The first-order chi connectivity index (χ1) is 23.3. The van der Waals surface area contributed by atoms with Gasteiger partial charge in [-0.2, -0.15) is 0 Å². The summed E-state index contributed by atoms with van der Waals surface area (Å²) in [6, 6.07) is 3.14. The van der Waals surface area contributed by atoms with Crippen LogP contribution in [0, 0.1) is 23.7 Å². The molecule has 0 radical (unpaired) electrons. The Balaban J connectivity index is 2.18. The van der Waals surface area contributed by atoms with Crippen LogP contribution < -0.4 is 0 Å². The SMILES string of the molecule is CC[C@H]1OC(=O)[C@H](C)[C@@H](OC(=O)Cc2cccnc2)[C@H](C)[C@@H](OC2O[C@H](C)C[C@H](N(C)C)[C@H]2O)[C@@](C)(OC)C[C@@H](C)C(=O)[C@H](C)[C@@H](O)[C@]1(C)O. The van der Waals surface area contributed by atoms with Crippen molar-refractivity contribution in [2.45, 2.75) is 141 Å². The third-order valence-corrected chi connectivity index (χ3v) is 10.8. The highest BCUT2D eigenvalue weighted by atomic mass is 16.7. The summed E-state index contributed by atoms with van der Waals surface area (Å²) in [6.45, 7) is 13.3. The molecule has 2 aliphatic heterocycles. The first kappa shape index (κ1) is 41.9. The van der Waals surface area contributed by atoms with Crippen LogP contribution in [-0.4, -0.2) is 124 Å².